The number of nitrogens with one attached hydrogen (secondary N) is 1. The van der Waals surface area contributed by atoms with Gasteiger partial charge < -0.3 is 10.1 Å². The molecular formula is C14H10ClFN2O3. The predicted molar refractivity (Wildman–Crippen MR) is 74.9 cm³/mol. The van der Waals surface area contributed by atoms with E-state index >= 15 is 0 Å². The van der Waals surface area contributed by atoms with E-state index in [9.17, 15) is 14.0 Å². The lowest BCUT2D eigenvalue weighted by molar-refractivity contribution is 0.0602. The molecule has 0 saturated carbocycles. The van der Waals surface area contributed by atoms with Crippen LogP contribution in [0.25, 0.3) is 0 Å². The topological polar surface area (TPSA) is 68.3 Å². The van der Waals surface area contributed by atoms with Crippen molar-refractivity contribution in [3.8, 4) is 0 Å². The molecule has 1 amide bonds. The highest BCUT2D eigenvalue weighted by molar-refractivity contribution is 6.29. The average Bonchev–Trinajstić information content (AvgIpc) is 2.46. The summed E-state index contributed by atoms with van der Waals surface area (Å²) >= 11 is 5.70. The molecule has 0 aliphatic heterocycles. The first-order chi connectivity index (χ1) is 10.0. The Morgan fingerprint density at radius 2 is 2.05 bits per heavy atom. The first kappa shape index (κ1) is 14.9. The molecule has 1 aromatic carbocycles. The van der Waals surface area contributed by atoms with Crippen molar-refractivity contribution in [2.24, 2.45) is 0 Å². The van der Waals surface area contributed by atoms with Crippen molar-refractivity contribution in [3.05, 3.63) is 58.6 Å². The largest absolute Gasteiger partial charge is 0.465 e. The molecule has 1 heterocycles. The summed E-state index contributed by atoms with van der Waals surface area (Å²) < 4.78 is 17.9. The van der Waals surface area contributed by atoms with Gasteiger partial charge in [-0.1, -0.05) is 11.6 Å². The molecule has 5 nitrogen and oxygen atoms in total. The smallest absolute Gasteiger partial charge is 0.339 e. The van der Waals surface area contributed by atoms with Crippen LogP contribution in [0.3, 0.4) is 0 Å². The van der Waals surface area contributed by atoms with Crippen LogP contribution in [0, 0.1) is 5.82 Å². The Balaban J connectivity index is 2.32. The van der Waals surface area contributed by atoms with E-state index < -0.39 is 17.7 Å². The van der Waals surface area contributed by atoms with Gasteiger partial charge in [0.2, 0.25) is 0 Å². The maximum absolute atomic E-state index is 13.3. The minimum atomic E-state index is -0.682. The molecule has 108 valence electrons. The average molecular weight is 309 g/mol. The van der Waals surface area contributed by atoms with E-state index in [0.29, 0.717) is 0 Å². The number of carbonyl (C=O) groups excluding carboxylic acids is 2. The zero-order chi connectivity index (χ0) is 15.4. The molecule has 1 N–H and O–H groups in total. The summed E-state index contributed by atoms with van der Waals surface area (Å²) in [7, 11) is 1.19. The van der Waals surface area contributed by atoms with Gasteiger partial charge in [-0.05, 0) is 30.3 Å². The van der Waals surface area contributed by atoms with Crippen molar-refractivity contribution in [2.75, 3.05) is 12.4 Å². The van der Waals surface area contributed by atoms with Crippen LogP contribution < -0.4 is 5.32 Å². The van der Waals surface area contributed by atoms with Gasteiger partial charge in [0.15, 0.2) is 0 Å². The molecule has 0 unspecified atom stereocenters. The highest BCUT2D eigenvalue weighted by Gasteiger charge is 2.16. The molecule has 0 atom stereocenters. The van der Waals surface area contributed by atoms with Gasteiger partial charge >= 0.3 is 5.97 Å². The number of pyridine rings is 1. The monoisotopic (exact) mass is 308 g/mol. The van der Waals surface area contributed by atoms with Crippen molar-refractivity contribution in [2.45, 2.75) is 0 Å². The Morgan fingerprint density at radius 3 is 2.71 bits per heavy atom. The fraction of sp³-hybridized carbons (Fsp3) is 0.0714. The lowest BCUT2D eigenvalue weighted by atomic mass is 10.1. The van der Waals surface area contributed by atoms with E-state index in [4.69, 9.17) is 11.6 Å². The van der Waals surface area contributed by atoms with Gasteiger partial charge in [-0.25, -0.2) is 14.2 Å². The minimum Gasteiger partial charge on any atom is -0.465 e. The van der Waals surface area contributed by atoms with Gasteiger partial charge in [-0.3, -0.25) is 4.79 Å². The molecular weight excluding hydrogens is 299 g/mol. The normalized spacial score (nSPS) is 10.0. The number of ether oxygens (including phenoxy) is 1. The summed E-state index contributed by atoms with van der Waals surface area (Å²) in [5, 5.41) is 2.59. The van der Waals surface area contributed by atoms with E-state index in [-0.39, 0.29) is 22.0 Å². The van der Waals surface area contributed by atoms with E-state index in [1.54, 1.807) is 0 Å². The number of hydrogen-bond donors (Lipinski definition) is 1. The van der Waals surface area contributed by atoms with Crippen molar-refractivity contribution in [1.82, 2.24) is 4.98 Å². The molecule has 1 aromatic heterocycles. The Labute approximate surface area is 124 Å². The maximum atomic E-state index is 13.3. The summed E-state index contributed by atoms with van der Waals surface area (Å²) in [5.74, 6) is -1.82. The SMILES string of the molecule is COC(=O)c1ccc(F)cc1NC(=O)c1ccnc(Cl)c1. The number of rotatable bonds is 3. The third-order valence-electron chi connectivity index (χ3n) is 2.62. The Hall–Kier alpha value is -2.47. The number of aromatic nitrogens is 1. The predicted octanol–water partition coefficient (Wildman–Crippen LogP) is 2.91. The first-order valence-corrected chi connectivity index (χ1v) is 6.20. The van der Waals surface area contributed by atoms with Crippen molar-refractivity contribution in [3.63, 3.8) is 0 Å². The fourth-order valence-electron chi connectivity index (χ4n) is 1.65. The number of amides is 1. The summed E-state index contributed by atoms with van der Waals surface area (Å²) in [6, 6.07) is 6.17. The summed E-state index contributed by atoms with van der Waals surface area (Å²) in [6.07, 6.45) is 1.37. The van der Waals surface area contributed by atoms with Crippen LogP contribution in [-0.2, 0) is 4.74 Å². The van der Waals surface area contributed by atoms with Gasteiger partial charge in [0.1, 0.15) is 11.0 Å². The highest BCUT2D eigenvalue weighted by atomic mass is 35.5. The molecule has 0 saturated heterocycles. The Morgan fingerprint density at radius 1 is 1.29 bits per heavy atom. The van der Waals surface area contributed by atoms with E-state index in [2.05, 4.69) is 15.0 Å². The number of methoxy groups -OCH3 is 1. The second-order valence-electron chi connectivity index (χ2n) is 4.00. The van der Waals surface area contributed by atoms with E-state index in [1.807, 2.05) is 0 Å². The highest BCUT2D eigenvalue weighted by Crippen LogP contribution is 2.19. The molecule has 21 heavy (non-hydrogen) atoms. The number of nitrogens with zero attached hydrogens (tertiary/aromatic N) is 1. The van der Waals surface area contributed by atoms with Crippen LogP contribution in [0.15, 0.2) is 36.5 Å². The molecule has 0 radical (unpaired) electrons. The summed E-state index contributed by atoms with van der Waals surface area (Å²) in [5.41, 5.74) is 0.294. The zero-order valence-electron chi connectivity index (χ0n) is 10.9. The van der Waals surface area contributed by atoms with E-state index in [0.717, 1.165) is 12.1 Å². The second-order valence-corrected chi connectivity index (χ2v) is 4.39. The molecule has 0 aliphatic carbocycles. The molecule has 0 spiro atoms. The number of benzene rings is 1. The summed E-state index contributed by atoms with van der Waals surface area (Å²) in [4.78, 5) is 27.4. The van der Waals surface area contributed by atoms with Gasteiger partial charge in [0.05, 0.1) is 18.4 Å². The molecule has 7 heteroatoms. The maximum Gasteiger partial charge on any atom is 0.339 e. The van der Waals surface area contributed by atoms with Crippen LogP contribution in [-0.4, -0.2) is 24.0 Å². The van der Waals surface area contributed by atoms with Gasteiger partial charge in [-0.2, -0.15) is 0 Å². The van der Waals surface area contributed by atoms with Crippen LogP contribution in [0.1, 0.15) is 20.7 Å². The van der Waals surface area contributed by atoms with Crippen molar-refractivity contribution >= 4 is 29.2 Å². The van der Waals surface area contributed by atoms with Gasteiger partial charge in [-0.15, -0.1) is 0 Å². The van der Waals surface area contributed by atoms with Gasteiger partial charge in [0, 0.05) is 11.8 Å². The lowest BCUT2D eigenvalue weighted by Crippen LogP contribution is -2.15. The van der Waals surface area contributed by atoms with Crippen LogP contribution >= 0.6 is 11.6 Å². The number of hydrogen-bond acceptors (Lipinski definition) is 4. The quantitative estimate of drug-likeness (QED) is 0.699. The molecule has 2 rings (SSSR count). The fourth-order valence-corrected chi connectivity index (χ4v) is 1.82. The standard InChI is InChI=1S/C14H10ClFN2O3/c1-21-14(20)10-3-2-9(16)7-11(10)18-13(19)8-4-5-17-12(15)6-8/h2-7H,1H3,(H,18,19). The van der Waals surface area contributed by atoms with Crippen molar-refractivity contribution in [1.29, 1.82) is 0 Å². The Kier molecular flexibility index (Phi) is 4.49. The van der Waals surface area contributed by atoms with Crippen molar-refractivity contribution < 1.29 is 18.7 Å². The van der Waals surface area contributed by atoms with E-state index in [1.165, 1.54) is 31.5 Å². The third-order valence-corrected chi connectivity index (χ3v) is 2.83. The van der Waals surface area contributed by atoms with Crippen LogP contribution in [0.5, 0.6) is 0 Å². The molecule has 2 aromatic rings. The Bertz CT molecular complexity index is 706. The lowest BCUT2D eigenvalue weighted by Gasteiger charge is -2.10. The second kappa shape index (κ2) is 6.32. The number of esters is 1. The first-order valence-electron chi connectivity index (χ1n) is 5.82. The number of anilines is 1. The minimum absolute atomic E-state index is 0.0137. The number of carbonyl (C=O) groups is 2. The van der Waals surface area contributed by atoms with Crippen LogP contribution in [0.4, 0.5) is 10.1 Å². The van der Waals surface area contributed by atoms with Crippen LogP contribution in [0.2, 0.25) is 5.15 Å². The molecule has 0 fully saturated rings. The molecule has 0 aliphatic rings. The number of halogens is 2. The molecule has 0 bridgehead atoms. The van der Waals surface area contributed by atoms with Gasteiger partial charge in [0.25, 0.3) is 5.91 Å². The third kappa shape index (κ3) is 3.55. The summed E-state index contributed by atoms with van der Waals surface area (Å²) in [6.45, 7) is 0. The zero-order valence-corrected chi connectivity index (χ0v) is 11.6.